The van der Waals surface area contributed by atoms with E-state index >= 15 is 0 Å². The SMILES string of the molecule is COC1=CC(N2CCN(CCN3CCOCC3)CC2)=CC[CH]1. The van der Waals surface area contributed by atoms with Crippen LogP contribution in [-0.4, -0.2) is 87.4 Å². The highest BCUT2D eigenvalue weighted by atomic mass is 16.5. The molecule has 2 saturated heterocycles. The van der Waals surface area contributed by atoms with Crippen molar-refractivity contribution >= 4 is 0 Å². The largest absolute Gasteiger partial charge is 0.501 e. The molecule has 0 N–H and O–H groups in total. The molecule has 5 heteroatoms. The van der Waals surface area contributed by atoms with E-state index in [-0.39, 0.29) is 0 Å². The van der Waals surface area contributed by atoms with Crippen molar-refractivity contribution in [2.75, 3.05) is 72.7 Å². The van der Waals surface area contributed by atoms with E-state index in [9.17, 15) is 0 Å². The van der Waals surface area contributed by atoms with Crippen LogP contribution in [0.2, 0.25) is 0 Å². The molecule has 0 unspecified atom stereocenters. The van der Waals surface area contributed by atoms with Gasteiger partial charge in [-0.3, -0.25) is 9.80 Å². The van der Waals surface area contributed by atoms with E-state index in [0.29, 0.717) is 0 Å². The van der Waals surface area contributed by atoms with Crippen molar-refractivity contribution in [2.24, 2.45) is 0 Å². The lowest BCUT2D eigenvalue weighted by Gasteiger charge is -2.38. The summed E-state index contributed by atoms with van der Waals surface area (Å²) in [6.45, 7) is 10.9. The number of piperazine rings is 1. The van der Waals surface area contributed by atoms with Gasteiger partial charge in [0.05, 0.1) is 20.3 Å². The molecule has 2 fully saturated rings. The predicted octanol–water partition coefficient (Wildman–Crippen LogP) is 0.958. The second kappa shape index (κ2) is 7.99. The van der Waals surface area contributed by atoms with Gasteiger partial charge < -0.3 is 14.4 Å². The number of rotatable bonds is 5. The fraction of sp³-hybridized carbons (Fsp3) is 0.706. The van der Waals surface area contributed by atoms with Crippen LogP contribution in [0.5, 0.6) is 0 Å². The molecule has 2 heterocycles. The third kappa shape index (κ3) is 4.24. The Labute approximate surface area is 134 Å². The van der Waals surface area contributed by atoms with Crippen LogP contribution in [0.3, 0.4) is 0 Å². The summed E-state index contributed by atoms with van der Waals surface area (Å²) in [7, 11) is 1.74. The Morgan fingerprint density at radius 2 is 1.68 bits per heavy atom. The third-order valence-electron chi connectivity index (χ3n) is 4.75. The lowest BCUT2D eigenvalue weighted by molar-refractivity contribution is 0.0309. The number of allylic oxidation sites excluding steroid dienone is 3. The minimum Gasteiger partial charge on any atom is -0.501 e. The van der Waals surface area contributed by atoms with E-state index < -0.39 is 0 Å². The molecule has 123 valence electrons. The molecule has 0 aromatic rings. The monoisotopic (exact) mass is 306 g/mol. The Balaban J connectivity index is 1.40. The van der Waals surface area contributed by atoms with Gasteiger partial charge in [0.25, 0.3) is 0 Å². The Hall–Kier alpha value is -1.04. The van der Waals surface area contributed by atoms with Crippen LogP contribution in [0.4, 0.5) is 0 Å². The molecule has 3 rings (SSSR count). The molecule has 0 aromatic heterocycles. The summed E-state index contributed by atoms with van der Waals surface area (Å²) in [6.07, 6.45) is 7.56. The molecule has 5 nitrogen and oxygen atoms in total. The van der Waals surface area contributed by atoms with E-state index in [0.717, 1.165) is 64.7 Å². The lowest BCUT2D eigenvalue weighted by atomic mass is 10.1. The van der Waals surface area contributed by atoms with Gasteiger partial charge in [-0.1, -0.05) is 6.08 Å². The Kier molecular flexibility index (Phi) is 5.76. The molecule has 0 amide bonds. The predicted molar refractivity (Wildman–Crippen MR) is 87.4 cm³/mol. The fourth-order valence-corrected chi connectivity index (χ4v) is 3.26. The van der Waals surface area contributed by atoms with E-state index in [4.69, 9.17) is 9.47 Å². The van der Waals surface area contributed by atoms with Gasteiger partial charge in [-0.15, -0.1) is 0 Å². The topological polar surface area (TPSA) is 28.2 Å². The molecular weight excluding hydrogens is 278 g/mol. The smallest absolute Gasteiger partial charge is 0.102 e. The summed E-state index contributed by atoms with van der Waals surface area (Å²) in [4.78, 5) is 7.59. The molecule has 3 aliphatic rings. The zero-order valence-corrected chi connectivity index (χ0v) is 13.7. The van der Waals surface area contributed by atoms with Crippen molar-refractivity contribution in [1.82, 2.24) is 14.7 Å². The first kappa shape index (κ1) is 15.8. The Morgan fingerprint density at radius 3 is 2.36 bits per heavy atom. The van der Waals surface area contributed by atoms with E-state index in [1.165, 1.54) is 18.8 Å². The summed E-state index contributed by atoms with van der Waals surface area (Å²) >= 11 is 0. The first-order valence-corrected chi connectivity index (χ1v) is 8.41. The average molecular weight is 306 g/mol. The first-order valence-electron chi connectivity index (χ1n) is 8.41. The summed E-state index contributed by atoms with van der Waals surface area (Å²) in [5, 5.41) is 0. The molecule has 0 saturated carbocycles. The van der Waals surface area contributed by atoms with Gasteiger partial charge in [0, 0.05) is 64.5 Å². The van der Waals surface area contributed by atoms with Gasteiger partial charge >= 0.3 is 0 Å². The molecule has 2 aliphatic heterocycles. The Morgan fingerprint density at radius 1 is 1.00 bits per heavy atom. The molecule has 0 atom stereocenters. The van der Waals surface area contributed by atoms with Crippen molar-refractivity contribution in [3.8, 4) is 0 Å². The maximum Gasteiger partial charge on any atom is 0.102 e. The number of morpholine rings is 1. The number of methoxy groups -OCH3 is 1. The minimum absolute atomic E-state index is 0.896. The molecule has 1 aliphatic carbocycles. The van der Waals surface area contributed by atoms with Crippen molar-refractivity contribution in [2.45, 2.75) is 6.42 Å². The molecule has 0 aromatic carbocycles. The van der Waals surface area contributed by atoms with Crippen molar-refractivity contribution in [3.05, 3.63) is 30.0 Å². The second-order valence-corrected chi connectivity index (χ2v) is 6.10. The highest BCUT2D eigenvalue weighted by molar-refractivity contribution is 5.29. The maximum atomic E-state index is 5.40. The lowest BCUT2D eigenvalue weighted by Crippen LogP contribution is -2.49. The molecule has 1 radical (unpaired) electrons. The van der Waals surface area contributed by atoms with Gasteiger partial charge in [0.1, 0.15) is 5.76 Å². The molecule has 0 spiro atoms. The van der Waals surface area contributed by atoms with Gasteiger partial charge in [0.15, 0.2) is 0 Å². The molecule has 22 heavy (non-hydrogen) atoms. The van der Waals surface area contributed by atoms with Gasteiger partial charge in [-0.05, 0) is 12.5 Å². The number of nitrogens with zero attached hydrogens (tertiary/aromatic N) is 3. The highest BCUT2D eigenvalue weighted by Gasteiger charge is 2.20. The number of hydrogen-bond acceptors (Lipinski definition) is 5. The summed E-state index contributed by atoms with van der Waals surface area (Å²) in [6, 6.07) is 0. The number of ether oxygens (including phenoxy) is 2. The highest BCUT2D eigenvalue weighted by Crippen LogP contribution is 2.20. The van der Waals surface area contributed by atoms with Crippen LogP contribution in [-0.2, 0) is 9.47 Å². The normalized spacial score (nSPS) is 24.9. The Bertz CT molecular complexity index is 408. The third-order valence-corrected chi connectivity index (χ3v) is 4.75. The molecular formula is C17H28N3O2. The standard InChI is InChI=1S/C17H28N3O2/c1-21-17-4-2-3-16(15-17)20-9-7-18(8-10-20)5-6-19-11-13-22-14-12-19/h3-4,15H,2,5-14H2,1H3. The van der Waals surface area contributed by atoms with Crippen LogP contribution in [0, 0.1) is 6.42 Å². The summed E-state index contributed by atoms with van der Waals surface area (Å²) < 4.78 is 10.8. The van der Waals surface area contributed by atoms with Gasteiger partial charge in [-0.2, -0.15) is 0 Å². The van der Waals surface area contributed by atoms with Crippen LogP contribution in [0.1, 0.15) is 6.42 Å². The van der Waals surface area contributed by atoms with Crippen molar-refractivity contribution in [1.29, 1.82) is 0 Å². The van der Waals surface area contributed by atoms with E-state index in [1.807, 2.05) is 0 Å². The van der Waals surface area contributed by atoms with Gasteiger partial charge in [0.2, 0.25) is 0 Å². The van der Waals surface area contributed by atoms with Crippen molar-refractivity contribution in [3.63, 3.8) is 0 Å². The number of hydrogen-bond donors (Lipinski definition) is 0. The fourth-order valence-electron chi connectivity index (χ4n) is 3.26. The van der Waals surface area contributed by atoms with Crippen LogP contribution >= 0.6 is 0 Å². The summed E-state index contributed by atoms with van der Waals surface area (Å²) in [5.41, 5.74) is 1.33. The quantitative estimate of drug-likeness (QED) is 0.754. The van der Waals surface area contributed by atoms with E-state index in [1.54, 1.807) is 7.11 Å². The first-order chi connectivity index (χ1) is 10.8. The zero-order valence-electron chi connectivity index (χ0n) is 13.7. The molecule has 0 bridgehead atoms. The second-order valence-electron chi connectivity index (χ2n) is 6.10. The summed E-state index contributed by atoms with van der Waals surface area (Å²) in [5.74, 6) is 0.993. The van der Waals surface area contributed by atoms with Crippen LogP contribution < -0.4 is 0 Å². The minimum atomic E-state index is 0.896. The van der Waals surface area contributed by atoms with Gasteiger partial charge in [-0.25, -0.2) is 0 Å². The zero-order chi connectivity index (χ0) is 15.2. The maximum absolute atomic E-state index is 5.40. The van der Waals surface area contributed by atoms with E-state index in [2.05, 4.69) is 33.3 Å². The average Bonchev–Trinajstić information content (AvgIpc) is 2.61. The van der Waals surface area contributed by atoms with Crippen molar-refractivity contribution < 1.29 is 9.47 Å². The van der Waals surface area contributed by atoms with Crippen LogP contribution in [0.25, 0.3) is 0 Å². The van der Waals surface area contributed by atoms with Crippen LogP contribution in [0.15, 0.2) is 23.6 Å².